The lowest BCUT2D eigenvalue weighted by molar-refractivity contribution is -0.119. The van der Waals surface area contributed by atoms with E-state index in [4.69, 9.17) is 4.74 Å². The molecule has 1 atom stereocenters. The van der Waals surface area contributed by atoms with Gasteiger partial charge in [-0.3, -0.25) is 19.3 Å². The molecule has 0 radical (unpaired) electrons. The number of aryl methyl sites for hydroxylation is 1. The van der Waals surface area contributed by atoms with Crippen LogP contribution >= 0.6 is 11.3 Å². The number of carbonyl (C=O) groups excluding carboxylic acids is 4. The normalized spacial score (nSPS) is 13.3. The number of hydrogen-bond acceptors (Lipinski definition) is 6. The standard InChI is InChI=1S/C30H24N2O5S/c1-18-24(20-13-7-4-8-14-20)25(30(36)37-2)27(38-18)31-26(33)23(17-19-11-5-3-6-12-19)32-28(34)21-15-9-10-16-22(21)29(32)35/h3-16,23H,17H2,1-2H3,(H,31,33). The second-order valence-corrected chi connectivity index (χ2v) is 10.0. The lowest BCUT2D eigenvalue weighted by Crippen LogP contribution is -2.48. The van der Waals surface area contributed by atoms with E-state index >= 15 is 0 Å². The highest BCUT2D eigenvalue weighted by Crippen LogP contribution is 2.40. The number of amides is 3. The fraction of sp³-hybridized carbons (Fsp3) is 0.133. The highest BCUT2D eigenvalue weighted by molar-refractivity contribution is 7.17. The van der Waals surface area contributed by atoms with Crippen molar-refractivity contribution in [2.24, 2.45) is 0 Å². The van der Waals surface area contributed by atoms with E-state index in [9.17, 15) is 19.2 Å². The van der Waals surface area contributed by atoms with Gasteiger partial charge >= 0.3 is 5.97 Å². The zero-order chi connectivity index (χ0) is 26.8. The van der Waals surface area contributed by atoms with Crippen LogP contribution in [0.1, 0.15) is 41.5 Å². The summed E-state index contributed by atoms with van der Waals surface area (Å²) < 4.78 is 5.06. The van der Waals surface area contributed by atoms with Gasteiger partial charge in [-0.05, 0) is 30.2 Å². The summed E-state index contributed by atoms with van der Waals surface area (Å²) in [6.07, 6.45) is 0.113. The van der Waals surface area contributed by atoms with Crippen molar-refractivity contribution in [1.29, 1.82) is 0 Å². The smallest absolute Gasteiger partial charge is 0.341 e. The summed E-state index contributed by atoms with van der Waals surface area (Å²) in [6.45, 7) is 1.86. The van der Waals surface area contributed by atoms with E-state index in [1.807, 2.05) is 67.6 Å². The van der Waals surface area contributed by atoms with Crippen molar-refractivity contribution in [2.45, 2.75) is 19.4 Å². The summed E-state index contributed by atoms with van der Waals surface area (Å²) in [4.78, 5) is 55.2. The number of imide groups is 1. The van der Waals surface area contributed by atoms with Crippen molar-refractivity contribution in [2.75, 3.05) is 12.4 Å². The monoisotopic (exact) mass is 524 g/mol. The van der Waals surface area contributed by atoms with Gasteiger partial charge in [0.25, 0.3) is 11.8 Å². The predicted octanol–water partition coefficient (Wildman–Crippen LogP) is 5.36. The molecule has 2 heterocycles. The number of methoxy groups -OCH3 is 1. The Morgan fingerprint density at radius 1 is 0.868 bits per heavy atom. The number of anilines is 1. The van der Waals surface area contributed by atoms with Crippen LogP contribution in [0, 0.1) is 6.92 Å². The van der Waals surface area contributed by atoms with Crippen LogP contribution < -0.4 is 5.32 Å². The van der Waals surface area contributed by atoms with Crippen molar-refractivity contribution >= 4 is 40.0 Å². The molecule has 3 aromatic carbocycles. The molecule has 190 valence electrons. The third kappa shape index (κ3) is 4.50. The topological polar surface area (TPSA) is 92.8 Å². The number of thiophene rings is 1. The lowest BCUT2D eigenvalue weighted by Gasteiger charge is -2.25. The van der Waals surface area contributed by atoms with Crippen LogP contribution in [0.4, 0.5) is 5.00 Å². The molecule has 5 rings (SSSR count). The van der Waals surface area contributed by atoms with Gasteiger partial charge in [-0.15, -0.1) is 11.3 Å². The Labute approximate surface area is 223 Å². The molecule has 1 aliphatic heterocycles. The van der Waals surface area contributed by atoms with Gasteiger partial charge in [0.1, 0.15) is 16.6 Å². The Bertz CT molecular complexity index is 1510. The predicted molar refractivity (Wildman–Crippen MR) is 145 cm³/mol. The molecule has 0 bridgehead atoms. The second-order valence-electron chi connectivity index (χ2n) is 8.82. The molecule has 0 spiro atoms. The van der Waals surface area contributed by atoms with Crippen LogP contribution in [0.15, 0.2) is 84.9 Å². The average molecular weight is 525 g/mol. The number of nitrogens with zero attached hydrogens (tertiary/aromatic N) is 1. The van der Waals surface area contributed by atoms with Crippen LogP contribution in [0.5, 0.6) is 0 Å². The number of rotatable bonds is 7. The van der Waals surface area contributed by atoms with Crippen molar-refractivity contribution in [1.82, 2.24) is 4.90 Å². The van der Waals surface area contributed by atoms with Gasteiger partial charge in [0.2, 0.25) is 5.91 Å². The maximum atomic E-state index is 13.9. The molecule has 3 amide bonds. The molecule has 1 N–H and O–H groups in total. The summed E-state index contributed by atoms with van der Waals surface area (Å²) in [5.41, 5.74) is 3.01. The van der Waals surface area contributed by atoms with Crippen molar-refractivity contribution in [3.63, 3.8) is 0 Å². The van der Waals surface area contributed by atoms with Crippen LogP contribution in [0.25, 0.3) is 11.1 Å². The Morgan fingerprint density at radius 2 is 1.42 bits per heavy atom. The van der Waals surface area contributed by atoms with Crippen LogP contribution in [-0.2, 0) is 16.0 Å². The van der Waals surface area contributed by atoms with E-state index in [-0.39, 0.29) is 23.1 Å². The van der Waals surface area contributed by atoms with Gasteiger partial charge in [0, 0.05) is 16.9 Å². The zero-order valence-corrected chi connectivity index (χ0v) is 21.6. The number of carbonyl (C=O) groups is 4. The minimum Gasteiger partial charge on any atom is -0.465 e. The van der Waals surface area contributed by atoms with Crippen molar-refractivity contribution < 1.29 is 23.9 Å². The molecule has 4 aromatic rings. The molecule has 38 heavy (non-hydrogen) atoms. The fourth-order valence-electron chi connectivity index (χ4n) is 4.71. The molecule has 1 aliphatic rings. The fourth-order valence-corrected chi connectivity index (χ4v) is 5.77. The first-order valence-electron chi connectivity index (χ1n) is 12.0. The highest BCUT2D eigenvalue weighted by atomic mass is 32.1. The molecule has 1 aromatic heterocycles. The lowest BCUT2D eigenvalue weighted by atomic mass is 10.0. The number of fused-ring (bicyclic) bond motifs is 1. The molecule has 8 heteroatoms. The van der Waals surface area contributed by atoms with E-state index in [2.05, 4.69) is 5.32 Å². The van der Waals surface area contributed by atoms with Gasteiger partial charge in [-0.2, -0.15) is 0 Å². The third-order valence-electron chi connectivity index (χ3n) is 6.48. The summed E-state index contributed by atoms with van der Waals surface area (Å²) in [5, 5.41) is 3.15. The van der Waals surface area contributed by atoms with E-state index < -0.39 is 29.7 Å². The Kier molecular flexibility index (Phi) is 6.89. The Morgan fingerprint density at radius 3 is 2.00 bits per heavy atom. The van der Waals surface area contributed by atoms with Gasteiger partial charge < -0.3 is 10.1 Å². The SMILES string of the molecule is COC(=O)c1c(NC(=O)C(Cc2ccccc2)N2C(=O)c3ccccc3C2=O)sc(C)c1-c1ccccc1. The average Bonchev–Trinajstić information content (AvgIpc) is 3.40. The van der Waals surface area contributed by atoms with Gasteiger partial charge in [-0.25, -0.2) is 4.79 Å². The highest BCUT2D eigenvalue weighted by Gasteiger charge is 2.43. The Hall–Kier alpha value is -4.56. The van der Waals surface area contributed by atoms with E-state index in [1.54, 1.807) is 24.3 Å². The molecule has 0 aliphatic carbocycles. The number of hydrogen-bond donors (Lipinski definition) is 1. The Balaban J connectivity index is 1.55. The quantitative estimate of drug-likeness (QED) is 0.260. The number of benzene rings is 3. The third-order valence-corrected chi connectivity index (χ3v) is 7.51. The summed E-state index contributed by atoms with van der Waals surface area (Å²) in [7, 11) is 1.28. The van der Waals surface area contributed by atoms with E-state index in [0.29, 0.717) is 10.6 Å². The number of ether oxygens (including phenoxy) is 1. The first-order valence-corrected chi connectivity index (χ1v) is 12.8. The molecule has 0 fully saturated rings. The van der Waals surface area contributed by atoms with Crippen LogP contribution in [0.3, 0.4) is 0 Å². The number of nitrogens with one attached hydrogen (secondary N) is 1. The largest absolute Gasteiger partial charge is 0.465 e. The van der Waals surface area contributed by atoms with Crippen LogP contribution in [-0.4, -0.2) is 41.7 Å². The molecule has 1 unspecified atom stereocenters. The molecule has 0 saturated carbocycles. The first-order chi connectivity index (χ1) is 18.4. The maximum absolute atomic E-state index is 13.9. The van der Waals surface area contributed by atoms with Crippen molar-refractivity contribution in [3.8, 4) is 11.1 Å². The zero-order valence-electron chi connectivity index (χ0n) is 20.8. The second kappa shape index (κ2) is 10.4. The summed E-state index contributed by atoms with van der Waals surface area (Å²) in [6, 6.07) is 23.9. The number of esters is 1. The van der Waals surface area contributed by atoms with Gasteiger partial charge in [-0.1, -0.05) is 72.8 Å². The minimum absolute atomic E-state index is 0.113. The van der Waals surface area contributed by atoms with Gasteiger partial charge in [0.05, 0.1) is 18.2 Å². The summed E-state index contributed by atoms with van der Waals surface area (Å²) in [5.74, 6) is -2.22. The van der Waals surface area contributed by atoms with Crippen molar-refractivity contribution in [3.05, 3.63) is 112 Å². The summed E-state index contributed by atoms with van der Waals surface area (Å²) >= 11 is 1.24. The maximum Gasteiger partial charge on any atom is 0.341 e. The molecule has 7 nitrogen and oxygen atoms in total. The van der Waals surface area contributed by atoms with Gasteiger partial charge in [0.15, 0.2) is 0 Å². The molecule has 0 saturated heterocycles. The van der Waals surface area contributed by atoms with E-state index in [0.717, 1.165) is 20.9 Å². The molecular weight excluding hydrogens is 500 g/mol. The minimum atomic E-state index is -1.14. The first kappa shape index (κ1) is 25.1. The van der Waals surface area contributed by atoms with E-state index in [1.165, 1.54) is 18.4 Å². The van der Waals surface area contributed by atoms with Crippen LogP contribution in [0.2, 0.25) is 0 Å². The molecular formula is C30H24N2O5S.